The summed E-state index contributed by atoms with van der Waals surface area (Å²) in [7, 11) is 0. The zero-order valence-electron chi connectivity index (χ0n) is 45.4. The van der Waals surface area contributed by atoms with Crippen molar-refractivity contribution in [2.75, 3.05) is 9.80 Å². The molecule has 0 spiro atoms. The molecule has 368 valence electrons. The lowest BCUT2D eigenvalue weighted by Crippen LogP contribution is -2.64. The summed E-state index contributed by atoms with van der Waals surface area (Å²) in [5.74, 6) is 0.956. The quantitative estimate of drug-likeness (QED) is 0.149. The van der Waals surface area contributed by atoms with Gasteiger partial charge in [-0.1, -0.05) is 172 Å². The summed E-state index contributed by atoms with van der Waals surface area (Å²) in [6.07, 6.45) is 10.8. The Balaban J connectivity index is 1.13. The Kier molecular flexibility index (Phi) is 10.2. The van der Waals surface area contributed by atoms with Crippen LogP contribution >= 0.6 is 0 Å². The van der Waals surface area contributed by atoms with Gasteiger partial charge in [0.2, 0.25) is 0 Å². The predicted octanol–water partition coefficient (Wildman–Crippen LogP) is 16.0. The van der Waals surface area contributed by atoms with E-state index in [0.29, 0.717) is 0 Å². The van der Waals surface area contributed by atoms with Crippen molar-refractivity contribution in [2.24, 2.45) is 0 Å². The molecule has 1 aromatic heterocycles. The second-order valence-electron chi connectivity index (χ2n) is 25.7. The van der Waals surface area contributed by atoms with Gasteiger partial charge in [-0.2, -0.15) is 0 Å². The third-order valence-corrected chi connectivity index (χ3v) is 19.2. The van der Waals surface area contributed by atoms with Gasteiger partial charge in [0.15, 0.2) is 0 Å². The topological polar surface area (TPSA) is 24.3 Å². The molecule has 2 unspecified atom stereocenters. The molecule has 7 aromatic carbocycles. The van der Waals surface area contributed by atoms with E-state index in [1.165, 1.54) is 130 Å². The van der Waals surface area contributed by atoms with E-state index in [2.05, 4.69) is 224 Å². The number of fused-ring (bicyclic) bond motifs is 9. The molecule has 0 radical (unpaired) electrons. The van der Waals surface area contributed by atoms with Crippen LogP contribution in [0.25, 0.3) is 39.2 Å². The van der Waals surface area contributed by atoms with E-state index in [1.54, 1.807) is 11.1 Å². The molecule has 1 saturated carbocycles. The van der Waals surface area contributed by atoms with Crippen molar-refractivity contribution in [3.8, 4) is 28.2 Å². The maximum Gasteiger partial charge on any atom is 0.252 e. The summed E-state index contributed by atoms with van der Waals surface area (Å²) >= 11 is 0. The highest BCUT2D eigenvalue weighted by Gasteiger charge is 2.62. The van der Waals surface area contributed by atoms with Gasteiger partial charge in [-0.15, -0.1) is 0 Å². The monoisotopic (exact) mass is 957 g/mol. The van der Waals surface area contributed by atoms with Crippen LogP contribution in [0.2, 0.25) is 0 Å². The summed E-state index contributed by atoms with van der Waals surface area (Å²) in [5, 5.41) is 0. The second kappa shape index (κ2) is 16.1. The van der Waals surface area contributed by atoms with E-state index in [4.69, 9.17) is 4.98 Å². The maximum atomic E-state index is 5.73. The Bertz CT molecular complexity index is 3540. The van der Waals surface area contributed by atoms with E-state index in [9.17, 15) is 0 Å². The van der Waals surface area contributed by atoms with Gasteiger partial charge in [0.25, 0.3) is 6.71 Å². The molecule has 1 fully saturated rings. The lowest BCUT2D eigenvalue weighted by molar-refractivity contribution is 0.194. The summed E-state index contributed by atoms with van der Waals surface area (Å²) in [5.41, 5.74) is 26.7. The Labute approximate surface area is 436 Å². The van der Waals surface area contributed by atoms with Crippen molar-refractivity contribution in [1.82, 2.24) is 9.55 Å². The highest BCUT2D eigenvalue weighted by atomic mass is 15.3. The maximum absolute atomic E-state index is 5.73. The number of hydrogen-bond acceptors (Lipinski definition) is 3. The lowest BCUT2D eigenvalue weighted by Gasteiger charge is -2.53. The Morgan fingerprint density at radius 1 is 0.616 bits per heavy atom. The zero-order chi connectivity index (χ0) is 50.6. The number of nitrogens with zero attached hydrogens (tertiary/aromatic N) is 4. The largest absolute Gasteiger partial charge is 0.335 e. The molecule has 3 aliphatic heterocycles. The summed E-state index contributed by atoms with van der Waals surface area (Å²) in [6.45, 7) is 26.9. The number of aryl methyl sites for hydroxylation is 2. The first kappa shape index (κ1) is 46.5. The molecule has 2 aliphatic carbocycles. The van der Waals surface area contributed by atoms with Crippen molar-refractivity contribution >= 4 is 62.6 Å². The van der Waals surface area contributed by atoms with Gasteiger partial charge in [-0.3, -0.25) is 4.57 Å². The van der Waals surface area contributed by atoms with Crippen LogP contribution in [0.5, 0.6) is 0 Å². The van der Waals surface area contributed by atoms with Gasteiger partial charge in [-0.25, -0.2) is 4.98 Å². The number of rotatable bonds is 7. The third kappa shape index (κ3) is 6.75. The van der Waals surface area contributed by atoms with Crippen LogP contribution in [0.1, 0.15) is 154 Å². The average Bonchev–Trinajstić information content (AvgIpc) is 3.88. The van der Waals surface area contributed by atoms with Crippen LogP contribution < -0.4 is 26.2 Å². The smallest absolute Gasteiger partial charge is 0.252 e. The summed E-state index contributed by atoms with van der Waals surface area (Å²) in [4.78, 5) is 11.4. The van der Waals surface area contributed by atoms with E-state index in [0.717, 1.165) is 34.5 Å². The third-order valence-electron chi connectivity index (χ3n) is 19.2. The highest BCUT2D eigenvalue weighted by Crippen LogP contribution is 2.63. The summed E-state index contributed by atoms with van der Waals surface area (Å²) < 4.78 is 2.44. The molecule has 8 aromatic rings. The van der Waals surface area contributed by atoms with E-state index in [1.807, 2.05) is 0 Å². The zero-order valence-corrected chi connectivity index (χ0v) is 45.4. The van der Waals surface area contributed by atoms with E-state index < -0.39 is 0 Å². The molecule has 13 rings (SSSR count). The number of unbranched alkanes of at least 4 members (excludes halogenated alkanes) is 1. The predicted molar refractivity (Wildman–Crippen MR) is 311 cm³/mol. The highest BCUT2D eigenvalue weighted by molar-refractivity contribution is 7.00. The molecular weight excluding hydrogens is 884 g/mol. The molecule has 4 nitrogen and oxygen atoms in total. The minimum atomic E-state index is -0.0836. The second-order valence-corrected chi connectivity index (χ2v) is 25.7. The minimum absolute atomic E-state index is 0.0246. The fourth-order valence-electron chi connectivity index (χ4n) is 14.7. The van der Waals surface area contributed by atoms with Crippen LogP contribution in [0.3, 0.4) is 0 Å². The fourth-order valence-corrected chi connectivity index (χ4v) is 14.7. The first-order valence-corrected chi connectivity index (χ1v) is 27.8. The van der Waals surface area contributed by atoms with Crippen molar-refractivity contribution in [3.05, 3.63) is 167 Å². The van der Waals surface area contributed by atoms with Crippen molar-refractivity contribution < 1.29 is 0 Å². The fraction of sp³-hybridized carbons (Fsp3) is 0.368. The first-order chi connectivity index (χ1) is 34.9. The van der Waals surface area contributed by atoms with Crippen LogP contribution in [0, 0.1) is 6.92 Å². The van der Waals surface area contributed by atoms with Gasteiger partial charge in [0, 0.05) is 45.1 Å². The van der Waals surface area contributed by atoms with Gasteiger partial charge in [0.1, 0.15) is 5.82 Å². The minimum Gasteiger partial charge on any atom is -0.335 e. The normalized spacial score (nSPS) is 20.9. The van der Waals surface area contributed by atoms with Crippen LogP contribution in [-0.2, 0) is 28.1 Å². The van der Waals surface area contributed by atoms with Gasteiger partial charge in [0.05, 0.1) is 16.6 Å². The number of imidazole rings is 1. The van der Waals surface area contributed by atoms with Gasteiger partial charge >= 0.3 is 0 Å². The Morgan fingerprint density at radius 3 is 2.00 bits per heavy atom. The van der Waals surface area contributed by atoms with Crippen LogP contribution in [0.15, 0.2) is 133 Å². The van der Waals surface area contributed by atoms with E-state index >= 15 is 0 Å². The van der Waals surface area contributed by atoms with Crippen LogP contribution in [0.4, 0.5) is 28.4 Å². The Morgan fingerprint density at radius 2 is 1.29 bits per heavy atom. The molecule has 4 heterocycles. The first-order valence-electron chi connectivity index (χ1n) is 27.8. The molecule has 73 heavy (non-hydrogen) atoms. The Hall–Kier alpha value is -6.33. The molecular formula is C68H73BN4. The SMILES string of the molecule is CCCCc1ccc2c3c1C1(C)CCCCC1(C)N3c1cc(C(C)(C)C)cc3c1B2c1cc2c(cc1N3c1ccc3c(c1)C(C)(C)CCC3(C)C)nc(-c1ccc(-c3ccc(C)cc3)cc1)n2-c1ccccc1. The van der Waals surface area contributed by atoms with E-state index in [-0.39, 0.29) is 33.9 Å². The van der Waals surface area contributed by atoms with Crippen molar-refractivity contribution in [3.63, 3.8) is 0 Å². The molecule has 5 heteroatoms. The number of para-hydroxylation sites is 1. The van der Waals surface area contributed by atoms with Crippen molar-refractivity contribution in [1.29, 1.82) is 0 Å². The molecule has 0 N–H and O–H groups in total. The molecule has 0 amide bonds. The lowest BCUT2D eigenvalue weighted by atomic mass is 9.33. The number of hydrogen-bond donors (Lipinski definition) is 0. The molecule has 0 saturated heterocycles. The summed E-state index contributed by atoms with van der Waals surface area (Å²) in [6, 6.07) is 51.9. The number of anilines is 5. The molecule has 5 aliphatic rings. The molecule has 2 atom stereocenters. The number of benzene rings is 7. The molecule has 0 bridgehead atoms. The standard InChI is InChI=1S/C68H73BN4/c1-12-13-19-46-30-33-53-62-60(46)67(10)34-17-18-35-68(67,11)73(62)59-39-48(64(3,4)5)38-58-61(59)69(53)54-41-57-55(42-56(54)71(58)50-31-32-51-52(40-50)66(8,9)37-36-65(51,6)7)70-63(72(57)49-20-15-14-16-21-49)47-28-26-45(27-29-47)44-24-22-43(2)23-25-44/h14-16,20-33,38-42H,12-13,17-19,34-37H2,1-11H3. The number of aromatic nitrogens is 2. The van der Waals surface area contributed by atoms with Gasteiger partial charge in [-0.05, 0) is 172 Å². The van der Waals surface area contributed by atoms with Gasteiger partial charge < -0.3 is 9.80 Å². The van der Waals surface area contributed by atoms with Crippen LogP contribution in [-0.4, -0.2) is 21.8 Å². The average molecular weight is 957 g/mol. The van der Waals surface area contributed by atoms with Crippen molar-refractivity contribution in [2.45, 2.75) is 161 Å².